The van der Waals surface area contributed by atoms with E-state index < -0.39 is 17.2 Å². The summed E-state index contributed by atoms with van der Waals surface area (Å²) in [6.45, 7) is 4.26. The lowest BCUT2D eigenvalue weighted by Crippen LogP contribution is -2.41. The second kappa shape index (κ2) is 10.6. The molecule has 0 unspecified atom stereocenters. The van der Waals surface area contributed by atoms with Crippen molar-refractivity contribution >= 4 is 11.6 Å². The van der Waals surface area contributed by atoms with Gasteiger partial charge in [0.2, 0.25) is 0 Å². The fourth-order valence-corrected chi connectivity index (χ4v) is 4.54. The van der Waals surface area contributed by atoms with E-state index in [1.54, 1.807) is 0 Å². The van der Waals surface area contributed by atoms with E-state index >= 15 is 0 Å². The smallest absolute Gasteiger partial charge is 0.326 e. The fraction of sp³-hybridized carbons (Fsp3) is 0.522. The molecule has 1 saturated carbocycles. The van der Waals surface area contributed by atoms with Gasteiger partial charge in [0, 0.05) is 32.2 Å². The number of carbonyl (C=O) groups excluding carboxylic acids is 1. The van der Waals surface area contributed by atoms with Crippen molar-refractivity contribution in [3.05, 3.63) is 62.4 Å². The van der Waals surface area contributed by atoms with Crippen LogP contribution >= 0.6 is 0 Å². The standard InChI is InChI=1S/C23H31N5O4/c29-21-19(24-10-11-28-12-14-32-15-13-28)20(26-23(31)27-21)22(30)25-18-8-6-17(7-9-18)16-4-2-1-3-5-16/h1-5,17-18,24H,6-15H2,(H,25,30)(H2,26,27,29,31)/t17-,18+. The van der Waals surface area contributed by atoms with Crippen molar-refractivity contribution in [3.8, 4) is 0 Å². The number of hydrogen-bond acceptors (Lipinski definition) is 6. The minimum Gasteiger partial charge on any atom is -0.379 e. The lowest BCUT2D eigenvalue weighted by molar-refractivity contribution is 0.0398. The zero-order chi connectivity index (χ0) is 22.3. The van der Waals surface area contributed by atoms with Crippen molar-refractivity contribution in [2.24, 2.45) is 0 Å². The van der Waals surface area contributed by atoms with E-state index in [0.29, 0.717) is 32.2 Å². The number of aromatic nitrogens is 2. The highest BCUT2D eigenvalue weighted by Gasteiger charge is 2.25. The van der Waals surface area contributed by atoms with Gasteiger partial charge in [-0.2, -0.15) is 0 Å². The predicted octanol–water partition coefficient (Wildman–Crippen LogP) is 1.26. The Kier molecular flexibility index (Phi) is 7.39. The summed E-state index contributed by atoms with van der Waals surface area (Å²) in [5.41, 5.74) is 0.155. The van der Waals surface area contributed by atoms with Crippen LogP contribution in [0.5, 0.6) is 0 Å². The number of hydrogen-bond donors (Lipinski definition) is 4. The Labute approximate surface area is 186 Å². The molecule has 0 bridgehead atoms. The third kappa shape index (κ3) is 5.66. The van der Waals surface area contributed by atoms with E-state index in [2.05, 4.69) is 49.8 Å². The largest absolute Gasteiger partial charge is 0.379 e. The van der Waals surface area contributed by atoms with Gasteiger partial charge in [-0.05, 0) is 37.2 Å². The molecule has 1 amide bonds. The van der Waals surface area contributed by atoms with Gasteiger partial charge in [-0.25, -0.2) is 4.79 Å². The fourth-order valence-electron chi connectivity index (χ4n) is 4.54. The Bertz CT molecular complexity index is 1010. The van der Waals surface area contributed by atoms with E-state index in [4.69, 9.17) is 4.74 Å². The summed E-state index contributed by atoms with van der Waals surface area (Å²) >= 11 is 0. The normalized spacial score (nSPS) is 21.8. The van der Waals surface area contributed by atoms with Crippen LogP contribution in [0.3, 0.4) is 0 Å². The summed E-state index contributed by atoms with van der Waals surface area (Å²) in [5, 5.41) is 6.06. The molecule has 1 aromatic carbocycles. The first kappa shape index (κ1) is 22.3. The van der Waals surface area contributed by atoms with Crippen LogP contribution in [0.1, 0.15) is 47.7 Å². The lowest BCUT2D eigenvalue weighted by Gasteiger charge is -2.29. The molecule has 0 atom stereocenters. The summed E-state index contributed by atoms with van der Waals surface area (Å²) in [7, 11) is 0. The van der Waals surface area contributed by atoms with Crippen LogP contribution in [0.15, 0.2) is 39.9 Å². The van der Waals surface area contributed by atoms with Crippen molar-refractivity contribution in [2.45, 2.75) is 37.6 Å². The maximum atomic E-state index is 13.0. The molecule has 0 spiro atoms. The molecule has 9 heteroatoms. The molecule has 2 heterocycles. The highest BCUT2D eigenvalue weighted by molar-refractivity contribution is 5.97. The monoisotopic (exact) mass is 441 g/mol. The summed E-state index contributed by atoms with van der Waals surface area (Å²) in [6, 6.07) is 10.5. The van der Waals surface area contributed by atoms with E-state index in [9.17, 15) is 14.4 Å². The third-order valence-electron chi connectivity index (χ3n) is 6.34. The van der Waals surface area contributed by atoms with Gasteiger partial charge in [-0.3, -0.25) is 19.5 Å². The number of morpholine rings is 1. The number of nitrogens with zero attached hydrogens (tertiary/aromatic N) is 1. The number of benzene rings is 1. The average Bonchev–Trinajstić information content (AvgIpc) is 2.82. The molecule has 1 aliphatic carbocycles. The van der Waals surface area contributed by atoms with E-state index in [-0.39, 0.29) is 17.4 Å². The summed E-state index contributed by atoms with van der Waals surface area (Å²) in [4.78, 5) is 44.1. The zero-order valence-corrected chi connectivity index (χ0v) is 18.2. The second-order valence-electron chi connectivity index (χ2n) is 8.47. The molecular weight excluding hydrogens is 410 g/mol. The van der Waals surface area contributed by atoms with E-state index in [1.807, 2.05) is 6.07 Å². The lowest BCUT2D eigenvalue weighted by atomic mass is 9.82. The minimum atomic E-state index is -0.688. The molecule has 2 fully saturated rings. The van der Waals surface area contributed by atoms with Gasteiger partial charge in [0.15, 0.2) is 0 Å². The first-order chi connectivity index (χ1) is 15.6. The predicted molar refractivity (Wildman–Crippen MR) is 122 cm³/mol. The molecule has 1 saturated heterocycles. The quantitative estimate of drug-likeness (QED) is 0.514. The maximum absolute atomic E-state index is 13.0. The van der Waals surface area contributed by atoms with Gasteiger partial charge in [0.1, 0.15) is 11.4 Å². The van der Waals surface area contributed by atoms with Gasteiger partial charge < -0.3 is 20.4 Å². The molecule has 2 aliphatic rings. The summed E-state index contributed by atoms with van der Waals surface area (Å²) in [5.74, 6) is 0.0753. The van der Waals surface area contributed by atoms with Gasteiger partial charge in [-0.15, -0.1) is 0 Å². The Hall–Kier alpha value is -2.91. The Morgan fingerprint density at radius 2 is 1.75 bits per heavy atom. The van der Waals surface area contributed by atoms with Crippen LogP contribution < -0.4 is 21.9 Å². The Balaban J connectivity index is 1.36. The third-order valence-corrected chi connectivity index (χ3v) is 6.34. The van der Waals surface area contributed by atoms with Gasteiger partial charge in [0.05, 0.1) is 13.2 Å². The topological polar surface area (TPSA) is 119 Å². The average molecular weight is 442 g/mol. The van der Waals surface area contributed by atoms with Crippen LogP contribution in [-0.4, -0.2) is 66.2 Å². The molecule has 4 rings (SSSR count). The summed E-state index contributed by atoms with van der Waals surface area (Å²) < 4.78 is 5.34. The highest BCUT2D eigenvalue weighted by Crippen LogP contribution is 2.32. The SMILES string of the molecule is O=C(N[C@H]1CC[C@@H](c2ccccc2)CC1)c1[nH]c(=O)[nH]c(=O)c1NCCN1CCOCC1. The Morgan fingerprint density at radius 3 is 2.47 bits per heavy atom. The molecule has 1 aliphatic heterocycles. The molecule has 0 radical (unpaired) electrons. The Morgan fingerprint density at radius 1 is 1.03 bits per heavy atom. The van der Waals surface area contributed by atoms with Crippen molar-refractivity contribution < 1.29 is 9.53 Å². The van der Waals surface area contributed by atoms with Gasteiger partial charge in [-0.1, -0.05) is 30.3 Å². The number of ether oxygens (including phenoxy) is 1. The van der Waals surface area contributed by atoms with Gasteiger partial charge >= 0.3 is 5.69 Å². The molecule has 172 valence electrons. The second-order valence-corrected chi connectivity index (χ2v) is 8.47. The van der Waals surface area contributed by atoms with Crippen molar-refractivity contribution in [1.82, 2.24) is 20.2 Å². The summed E-state index contributed by atoms with van der Waals surface area (Å²) in [6.07, 6.45) is 3.70. The van der Waals surface area contributed by atoms with E-state index in [1.165, 1.54) is 5.56 Å². The van der Waals surface area contributed by atoms with Crippen molar-refractivity contribution in [2.75, 3.05) is 44.7 Å². The van der Waals surface area contributed by atoms with Crippen LogP contribution in [0.25, 0.3) is 0 Å². The van der Waals surface area contributed by atoms with Crippen LogP contribution in [0.2, 0.25) is 0 Å². The van der Waals surface area contributed by atoms with Crippen LogP contribution in [-0.2, 0) is 4.74 Å². The molecule has 2 aromatic rings. The first-order valence-electron chi connectivity index (χ1n) is 11.4. The van der Waals surface area contributed by atoms with Crippen LogP contribution in [0, 0.1) is 0 Å². The van der Waals surface area contributed by atoms with Crippen LogP contribution in [0.4, 0.5) is 5.69 Å². The highest BCUT2D eigenvalue weighted by atomic mass is 16.5. The molecule has 1 aromatic heterocycles. The van der Waals surface area contributed by atoms with Crippen molar-refractivity contribution in [1.29, 1.82) is 0 Å². The van der Waals surface area contributed by atoms with Crippen molar-refractivity contribution in [3.63, 3.8) is 0 Å². The molecular formula is C23H31N5O4. The molecule has 9 nitrogen and oxygen atoms in total. The minimum absolute atomic E-state index is 0.00842. The number of carbonyl (C=O) groups is 1. The number of anilines is 1. The zero-order valence-electron chi connectivity index (χ0n) is 18.2. The first-order valence-corrected chi connectivity index (χ1v) is 11.4. The number of rotatable bonds is 7. The number of aromatic amines is 2. The number of H-pyrrole nitrogens is 2. The molecule has 4 N–H and O–H groups in total. The molecule has 32 heavy (non-hydrogen) atoms. The van der Waals surface area contributed by atoms with Gasteiger partial charge in [0.25, 0.3) is 11.5 Å². The number of amides is 1. The van der Waals surface area contributed by atoms with E-state index in [0.717, 1.165) is 38.8 Å². The maximum Gasteiger partial charge on any atom is 0.326 e. The number of nitrogens with one attached hydrogen (secondary N) is 4.